The summed E-state index contributed by atoms with van der Waals surface area (Å²) in [7, 11) is 1.63. The Morgan fingerprint density at radius 3 is 2.68 bits per heavy atom. The first-order chi connectivity index (χ1) is 13.4. The maximum atomic E-state index is 11.9. The molecular formula is C18H28N2O8. The van der Waals surface area contributed by atoms with E-state index in [4.69, 9.17) is 19.3 Å². The highest BCUT2D eigenvalue weighted by Crippen LogP contribution is 2.21. The third-order valence-corrected chi connectivity index (χ3v) is 4.39. The number of aliphatic hydroxyl groups excluding tert-OH is 4. The normalized spacial score (nSPS) is 27.4. The number of amides is 1. The van der Waals surface area contributed by atoms with Gasteiger partial charge in [-0.05, 0) is 12.1 Å². The largest absolute Gasteiger partial charge is 0.449 e. The van der Waals surface area contributed by atoms with Gasteiger partial charge in [-0.1, -0.05) is 6.07 Å². The number of aliphatic hydroxyl groups is 4. The van der Waals surface area contributed by atoms with Crippen molar-refractivity contribution in [3.8, 4) is 0 Å². The highest BCUT2D eigenvalue weighted by Gasteiger charge is 2.43. The maximum absolute atomic E-state index is 11.9. The Morgan fingerprint density at radius 1 is 1.21 bits per heavy atom. The van der Waals surface area contributed by atoms with Crippen LogP contribution >= 0.6 is 0 Å². The zero-order chi connectivity index (χ0) is 20.5. The van der Waals surface area contributed by atoms with Gasteiger partial charge in [0.05, 0.1) is 19.8 Å². The first-order valence-corrected chi connectivity index (χ1v) is 9.14. The number of ether oxygens (including phenoxy) is 3. The third kappa shape index (κ3) is 6.36. The van der Waals surface area contributed by atoms with Gasteiger partial charge in [0.2, 0.25) is 0 Å². The summed E-state index contributed by atoms with van der Waals surface area (Å²) in [4.78, 5) is 17.6. The van der Waals surface area contributed by atoms with Gasteiger partial charge >= 0.3 is 6.09 Å². The van der Waals surface area contributed by atoms with Crippen LogP contribution in [0.3, 0.4) is 0 Å². The van der Waals surface area contributed by atoms with E-state index in [-0.39, 0.29) is 13.2 Å². The van der Waals surface area contributed by atoms with Gasteiger partial charge in [-0.15, -0.1) is 0 Å². The molecule has 10 nitrogen and oxygen atoms in total. The summed E-state index contributed by atoms with van der Waals surface area (Å²) in [6.45, 7) is 0.141. The van der Waals surface area contributed by atoms with Crippen LogP contribution in [0, 0.1) is 0 Å². The molecule has 28 heavy (non-hydrogen) atoms. The number of pyridine rings is 1. The van der Waals surface area contributed by atoms with Gasteiger partial charge in [0.1, 0.15) is 24.4 Å². The molecule has 0 radical (unpaired) electrons. The van der Waals surface area contributed by atoms with Crippen molar-refractivity contribution in [3.05, 3.63) is 30.1 Å². The smallest absolute Gasteiger partial charge is 0.409 e. The Labute approximate surface area is 163 Å². The topological polar surface area (TPSA) is 142 Å². The van der Waals surface area contributed by atoms with E-state index in [0.717, 1.165) is 5.69 Å². The van der Waals surface area contributed by atoms with Gasteiger partial charge in [-0.3, -0.25) is 4.98 Å². The highest BCUT2D eigenvalue weighted by atomic mass is 16.7. The third-order valence-electron chi connectivity index (χ3n) is 4.39. The molecule has 1 fully saturated rings. The average Bonchev–Trinajstić information content (AvgIpc) is 2.72. The molecule has 1 saturated heterocycles. The monoisotopic (exact) mass is 400 g/mol. The number of hydrogen-bond acceptors (Lipinski definition) is 9. The number of aromatic nitrogens is 1. The summed E-state index contributed by atoms with van der Waals surface area (Å²) in [5, 5.41) is 38.4. The molecule has 1 aromatic rings. The lowest BCUT2D eigenvalue weighted by Gasteiger charge is -2.39. The predicted octanol–water partition coefficient (Wildman–Crippen LogP) is -1.10. The second kappa shape index (κ2) is 11.2. The second-order valence-electron chi connectivity index (χ2n) is 6.53. The lowest BCUT2D eigenvalue weighted by molar-refractivity contribution is -0.301. The van der Waals surface area contributed by atoms with Gasteiger partial charge in [-0.25, -0.2) is 4.79 Å². The van der Waals surface area contributed by atoms with E-state index in [2.05, 4.69) is 4.98 Å². The van der Waals surface area contributed by atoms with Gasteiger partial charge < -0.3 is 39.5 Å². The Balaban J connectivity index is 1.62. The molecule has 1 aliphatic rings. The van der Waals surface area contributed by atoms with Crippen LogP contribution in [0.15, 0.2) is 24.4 Å². The summed E-state index contributed by atoms with van der Waals surface area (Å²) >= 11 is 0. The van der Waals surface area contributed by atoms with Crippen molar-refractivity contribution < 1.29 is 39.4 Å². The average molecular weight is 400 g/mol. The summed E-state index contributed by atoms with van der Waals surface area (Å²) in [6, 6.07) is 5.60. The van der Waals surface area contributed by atoms with Gasteiger partial charge in [0.25, 0.3) is 0 Å². The molecule has 5 atom stereocenters. The lowest BCUT2D eigenvalue weighted by atomic mass is 9.99. The van der Waals surface area contributed by atoms with Crippen molar-refractivity contribution in [2.45, 2.75) is 43.5 Å². The Bertz CT molecular complexity index is 588. The Kier molecular flexibility index (Phi) is 9.03. The molecule has 2 rings (SSSR count). The van der Waals surface area contributed by atoms with Crippen LogP contribution in [0.2, 0.25) is 0 Å². The van der Waals surface area contributed by atoms with E-state index in [0.29, 0.717) is 19.4 Å². The highest BCUT2D eigenvalue weighted by molar-refractivity contribution is 5.67. The summed E-state index contributed by atoms with van der Waals surface area (Å²) in [5.74, 6) is 0. The van der Waals surface area contributed by atoms with Gasteiger partial charge in [0, 0.05) is 38.3 Å². The minimum absolute atomic E-state index is 0.0909. The van der Waals surface area contributed by atoms with Crippen molar-refractivity contribution in [1.29, 1.82) is 0 Å². The van der Waals surface area contributed by atoms with Crippen LogP contribution in [0.4, 0.5) is 4.79 Å². The van der Waals surface area contributed by atoms with E-state index in [9.17, 15) is 20.1 Å². The summed E-state index contributed by atoms with van der Waals surface area (Å²) in [5.41, 5.74) is 0.884. The maximum Gasteiger partial charge on any atom is 0.409 e. The number of carbonyl (C=O) groups is 1. The standard InChI is InChI=1S/C18H28N2O8/c1-20(8-6-12-5-2-3-7-19-12)18(25)27-10-4-9-26-17-16(24)15(23)14(22)13(11-21)28-17/h2-3,5,7,13-17,21-24H,4,6,8-11H2,1H3/t13-,14-,15+,16-,17-/m1/s1. The van der Waals surface area contributed by atoms with Crippen molar-refractivity contribution in [2.75, 3.05) is 33.4 Å². The zero-order valence-electron chi connectivity index (χ0n) is 15.8. The molecule has 0 unspecified atom stereocenters. The first-order valence-electron chi connectivity index (χ1n) is 9.14. The molecule has 4 N–H and O–H groups in total. The van der Waals surface area contributed by atoms with Crippen LogP contribution in [-0.4, -0.2) is 101 Å². The van der Waals surface area contributed by atoms with Crippen molar-refractivity contribution in [3.63, 3.8) is 0 Å². The molecule has 0 aliphatic carbocycles. The Morgan fingerprint density at radius 2 is 2.00 bits per heavy atom. The fourth-order valence-electron chi connectivity index (χ4n) is 2.65. The van der Waals surface area contributed by atoms with Crippen LogP contribution in [0.25, 0.3) is 0 Å². The molecule has 0 bridgehead atoms. The molecular weight excluding hydrogens is 372 g/mol. The van der Waals surface area contributed by atoms with Gasteiger partial charge in [-0.2, -0.15) is 0 Å². The van der Waals surface area contributed by atoms with Crippen LogP contribution in [-0.2, 0) is 20.6 Å². The van der Waals surface area contributed by atoms with E-state index in [1.54, 1.807) is 13.2 Å². The quantitative estimate of drug-likeness (QED) is 0.380. The number of nitrogens with zero attached hydrogens (tertiary/aromatic N) is 2. The van der Waals surface area contributed by atoms with Crippen LogP contribution in [0.5, 0.6) is 0 Å². The number of carbonyl (C=O) groups excluding carboxylic acids is 1. The fourth-order valence-corrected chi connectivity index (χ4v) is 2.65. The van der Waals surface area contributed by atoms with Crippen molar-refractivity contribution in [1.82, 2.24) is 9.88 Å². The van der Waals surface area contributed by atoms with E-state index >= 15 is 0 Å². The summed E-state index contributed by atoms with van der Waals surface area (Å²) < 4.78 is 15.7. The van der Waals surface area contributed by atoms with Crippen LogP contribution < -0.4 is 0 Å². The molecule has 1 aromatic heterocycles. The molecule has 0 saturated carbocycles. The molecule has 1 amide bonds. The molecule has 2 heterocycles. The minimum Gasteiger partial charge on any atom is -0.449 e. The summed E-state index contributed by atoms with van der Waals surface area (Å²) in [6.07, 6.45) is -4.38. The van der Waals surface area contributed by atoms with Gasteiger partial charge in [0.15, 0.2) is 6.29 Å². The number of likely N-dealkylation sites (N-methyl/N-ethyl adjacent to an activating group) is 1. The molecule has 0 spiro atoms. The molecule has 0 aromatic carbocycles. The second-order valence-corrected chi connectivity index (χ2v) is 6.53. The van der Waals surface area contributed by atoms with Crippen LogP contribution in [0.1, 0.15) is 12.1 Å². The SMILES string of the molecule is CN(CCc1ccccn1)C(=O)OCCCO[C@@H]1O[C@H](CO)[C@@H](O)[C@H](O)[C@H]1O. The van der Waals surface area contributed by atoms with Crippen molar-refractivity contribution >= 4 is 6.09 Å². The van der Waals surface area contributed by atoms with E-state index in [1.807, 2.05) is 18.2 Å². The number of hydrogen-bond donors (Lipinski definition) is 4. The van der Waals surface area contributed by atoms with E-state index < -0.39 is 43.4 Å². The van der Waals surface area contributed by atoms with Crippen molar-refractivity contribution in [2.24, 2.45) is 0 Å². The van der Waals surface area contributed by atoms with E-state index in [1.165, 1.54) is 4.90 Å². The molecule has 10 heteroatoms. The Hall–Kier alpha value is -1.82. The molecule has 158 valence electrons. The minimum atomic E-state index is -1.48. The number of rotatable bonds is 9. The first kappa shape index (κ1) is 22.5. The lowest BCUT2D eigenvalue weighted by Crippen LogP contribution is -2.59. The predicted molar refractivity (Wildman–Crippen MR) is 96.3 cm³/mol. The molecule has 1 aliphatic heterocycles. The zero-order valence-corrected chi connectivity index (χ0v) is 15.8. The fraction of sp³-hybridized carbons (Fsp3) is 0.667.